The molecule has 0 bridgehead atoms. The maximum Gasteiger partial charge on any atom is -1.00 e. The zero-order chi connectivity index (χ0) is 23.9. The van der Waals surface area contributed by atoms with Crippen LogP contribution < -0.4 is 28.1 Å². The van der Waals surface area contributed by atoms with Crippen LogP contribution in [0.2, 0.25) is 0 Å². The van der Waals surface area contributed by atoms with Gasteiger partial charge in [0.2, 0.25) is 0 Å². The first kappa shape index (κ1) is 27.3. The fourth-order valence-corrected chi connectivity index (χ4v) is 15.3. The van der Waals surface area contributed by atoms with Gasteiger partial charge in [-0.2, -0.15) is 0 Å². The molecular formula is C35H30Cl2Zr. The van der Waals surface area contributed by atoms with E-state index in [0.717, 1.165) is 6.42 Å². The van der Waals surface area contributed by atoms with Gasteiger partial charge in [0.25, 0.3) is 0 Å². The normalized spacial score (nSPS) is 14.6. The molecule has 3 aliphatic rings. The van der Waals surface area contributed by atoms with E-state index in [2.05, 4.69) is 109 Å². The summed E-state index contributed by atoms with van der Waals surface area (Å²) < 4.78 is 5.49. The average Bonchev–Trinajstić information content (AvgIpc) is 3.72. The number of allylic oxidation sites excluding steroid dienone is 4. The largest absolute Gasteiger partial charge is 1.00 e. The molecule has 0 saturated heterocycles. The van der Waals surface area contributed by atoms with Gasteiger partial charge in [-0.15, -0.1) is 0 Å². The topological polar surface area (TPSA) is 0 Å². The van der Waals surface area contributed by atoms with Crippen molar-refractivity contribution in [1.82, 2.24) is 0 Å². The van der Waals surface area contributed by atoms with Crippen LogP contribution in [0.4, 0.5) is 0 Å². The second kappa shape index (κ2) is 11.8. The molecule has 0 heterocycles. The van der Waals surface area contributed by atoms with Crippen molar-refractivity contribution < 1.29 is 46.1 Å². The summed E-state index contributed by atoms with van der Waals surface area (Å²) in [5, 5.41) is 0. The molecule has 0 aliphatic heterocycles. The number of hydrogen-bond acceptors (Lipinski definition) is 0. The summed E-state index contributed by atoms with van der Waals surface area (Å²) in [5.74, 6) is 0. The van der Waals surface area contributed by atoms with Crippen LogP contribution in [0.1, 0.15) is 43.2 Å². The van der Waals surface area contributed by atoms with Crippen LogP contribution in [0.5, 0.6) is 0 Å². The van der Waals surface area contributed by atoms with Gasteiger partial charge in [-0.1, -0.05) is 0 Å². The van der Waals surface area contributed by atoms with Crippen LogP contribution in [0.25, 0.3) is 33.4 Å². The predicted octanol–water partition coefficient (Wildman–Crippen LogP) is 2.43. The third-order valence-corrected chi connectivity index (χ3v) is 16.3. The summed E-state index contributed by atoms with van der Waals surface area (Å²) in [7, 11) is 0. The van der Waals surface area contributed by atoms with Crippen molar-refractivity contribution in [2.45, 2.75) is 38.5 Å². The zero-order valence-corrected chi connectivity index (χ0v) is 25.4. The summed E-state index contributed by atoms with van der Waals surface area (Å²) in [5.41, 5.74) is 11.6. The fraction of sp³-hybridized carbons (Fsp3) is 0.171. The van der Waals surface area contributed by atoms with Gasteiger partial charge in [0.05, 0.1) is 0 Å². The third kappa shape index (κ3) is 4.90. The summed E-state index contributed by atoms with van der Waals surface area (Å²) in [6.07, 6.45) is 14.9. The maximum absolute atomic E-state index is 2.49. The van der Waals surface area contributed by atoms with E-state index in [1.54, 1.807) is 12.1 Å². The van der Waals surface area contributed by atoms with Gasteiger partial charge in [-0.25, -0.2) is 0 Å². The van der Waals surface area contributed by atoms with Crippen molar-refractivity contribution >= 4 is 6.48 Å². The Morgan fingerprint density at radius 3 is 1.95 bits per heavy atom. The number of fused-ring (bicyclic) bond motifs is 3. The smallest absolute Gasteiger partial charge is 1.00 e. The van der Waals surface area contributed by atoms with Gasteiger partial charge in [0.1, 0.15) is 0 Å². The molecule has 0 nitrogen and oxygen atoms in total. The summed E-state index contributed by atoms with van der Waals surface area (Å²) in [6, 6.07) is 34.1. The molecule has 1 fully saturated rings. The first-order valence-corrected chi connectivity index (χ1v) is 17.0. The quantitative estimate of drug-likeness (QED) is 0.293. The Hall–Kier alpha value is -2.31. The second-order valence-electron chi connectivity index (χ2n) is 10.3. The molecule has 38 heavy (non-hydrogen) atoms. The SMILES string of the molecule is C1=CC[C]([Zr+2](=[C]2CCCC2)[c]2c(-c3ccccc3)ccc3c2Cc2cc(-c4ccccc4)ccc2-3)=C1.[Cl-].[Cl-]. The Labute approximate surface area is 246 Å². The summed E-state index contributed by atoms with van der Waals surface area (Å²) >= 11 is -2.21. The Balaban J connectivity index is 0.00000147. The first-order valence-electron chi connectivity index (χ1n) is 13.4. The molecule has 3 aliphatic carbocycles. The standard InChI is InChI=1S/C25H17.C5H8.C5H5.2ClH.Zr/c1-3-7-18(8-4-1)20-11-13-24-22(15-20)17-23-16-21(12-14-25(23)24)19-9-5-2-6-10-19;2*1-2-4-5-3-1;;;/h1-15H,17H2;1-4H2;1-3H,4H2;2*1H;/q;;;;;+2/p-2. The van der Waals surface area contributed by atoms with E-state index in [9.17, 15) is 0 Å². The van der Waals surface area contributed by atoms with Gasteiger partial charge >= 0.3 is 223 Å². The summed E-state index contributed by atoms with van der Waals surface area (Å²) in [6.45, 7) is 0. The molecule has 0 unspecified atom stereocenters. The second-order valence-corrected chi connectivity index (χ2v) is 16.7. The fourth-order valence-electron chi connectivity index (χ4n) is 6.48. The Bertz CT molecular complexity index is 1550. The van der Waals surface area contributed by atoms with Crippen LogP contribution in [0, 0.1) is 0 Å². The van der Waals surface area contributed by atoms with Crippen LogP contribution in [0.15, 0.2) is 113 Å². The molecule has 0 amide bonds. The molecule has 0 radical (unpaired) electrons. The van der Waals surface area contributed by atoms with Crippen molar-refractivity contribution in [1.29, 1.82) is 0 Å². The molecule has 3 heteroatoms. The Kier molecular flexibility index (Phi) is 8.49. The number of halogens is 2. The van der Waals surface area contributed by atoms with E-state index in [1.165, 1.54) is 71.0 Å². The molecule has 7 rings (SSSR count). The monoisotopic (exact) mass is 610 g/mol. The predicted molar refractivity (Wildman–Crippen MR) is 151 cm³/mol. The minimum atomic E-state index is -2.21. The first-order chi connectivity index (χ1) is 17.9. The third-order valence-electron chi connectivity index (χ3n) is 8.17. The maximum atomic E-state index is 2.49. The van der Waals surface area contributed by atoms with Crippen molar-refractivity contribution in [3.05, 3.63) is 124 Å². The van der Waals surface area contributed by atoms with Crippen LogP contribution in [-0.2, 0) is 27.7 Å². The minimum Gasteiger partial charge on any atom is -1.00 e. The van der Waals surface area contributed by atoms with Crippen molar-refractivity contribution in [3.8, 4) is 33.4 Å². The van der Waals surface area contributed by atoms with Crippen molar-refractivity contribution in [2.75, 3.05) is 0 Å². The van der Waals surface area contributed by atoms with Crippen LogP contribution in [-0.4, -0.2) is 3.21 Å². The van der Waals surface area contributed by atoms with E-state index in [1.807, 2.05) is 3.21 Å². The molecule has 4 aromatic rings. The number of hydrogen-bond donors (Lipinski definition) is 0. The number of rotatable bonds is 4. The van der Waals surface area contributed by atoms with Gasteiger partial charge in [-0.05, 0) is 0 Å². The molecule has 4 aromatic carbocycles. The average molecular weight is 613 g/mol. The molecule has 0 spiro atoms. The minimum absolute atomic E-state index is 0. The molecule has 0 aromatic heterocycles. The summed E-state index contributed by atoms with van der Waals surface area (Å²) in [4.78, 5) is 0. The molecule has 1 saturated carbocycles. The van der Waals surface area contributed by atoms with Crippen molar-refractivity contribution in [3.63, 3.8) is 0 Å². The molecule has 0 atom stereocenters. The van der Waals surface area contributed by atoms with E-state index in [0.29, 0.717) is 0 Å². The molecule has 188 valence electrons. The Morgan fingerprint density at radius 2 is 1.26 bits per heavy atom. The van der Waals surface area contributed by atoms with Gasteiger partial charge in [0, 0.05) is 0 Å². The van der Waals surface area contributed by atoms with Gasteiger partial charge < -0.3 is 24.8 Å². The van der Waals surface area contributed by atoms with E-state index < -0.39 is 21.3 Å². The zero-order valence-electron chi connectivity index (χ0n) is 21.4. The van der Waals surface area contributed by atoms with Crippen LogP contribution in [0.3, 0.4) is 0 Å². The van der Waals surface area contributed by atoms with Crippen LogP contribution >= 0.6 is 0 Å². The van der Waals surface area contributed by atoms with E-state index >= 15 is 0 Å². The van der Waals surface area contributed by atoms with E-state index in [-0.39, 0.29) is 24.8 Å². The molecular weight excluding hydrogens is 583 g/mol. The Morgan fingerprint density at radius 1 is 0.605 bits per heavy atom. The van der Waals surface area contributed by atoms with E-state index in [4.69, 9.17) is 0 Å². The van der Waals surface area contributed by atoms with Gasteiger partial charge in [-0.3, -0.25) is 0 Å². The van der Waals surface area contributed by atoms with Gasteiger partial charge in [0.15, 0.2) is 0 Å². The number of benzene rings is 4. The molecule has 0 N–H and O–H groups in total. The van der Waals surface area contributed by atoms with Crippen molar-refractivity contribution in [2.24, 2.45) is 0 Å².